The summed E-state index contributed by atoms with van der Waals surface area (Å²) < 4.78 is 16.5. The summed E-state index contributed by atoms with van der Waals surface area (Å²) in [6.07, 6.45) is 29.7. The molecule has 0 N–H and O–H groups in total. The fourth-order valence-electron chi connectivity index (χ4n) is 5.84. The zero-order valence-electron chi connectivity index (χ0n) is 31.9. The number of carbonyl (C=O) groups excluding carboxylic acids is 3. The molecular weight excluding hydrogens is 588 g/mol. The first-order valence-corrected chi connectivity index (χ1v) is 20.3. The van der Waals surface area contributed by atoms with Gasteiger partial charge in [0.05, 0.1) is 0 Å². The van der Waals surface area contributed by atoms with E-state index in [1.165, 1.54) is 96.3 Å². The first kappa shape index (κ1) is 45.4. The van der Waals surface area contributed by atoms with E-state index >= 15 is 0 Å². The van der Waals surface area contributed by atoms with Gasteiger partial charge in [-0.15, -0.1) is 0 Å². The zero-order chi connectivity index (χ0) is 34.8. The molecule has 0 aromatic heterocycles. The normalized spacial score (nSPS) is 12.6. The van der Waals surface area contributed by atoms with Crippen molar-refractivity contribution in [2.45, 2.75) is 221 Å². The molecule has 0 rings (SSSR count). The largest absolute Gasteiger partial charge is 0.462 e. The molecule has 0 amide bonds. The number of hydrogen-bond donors (Lipinski definition) is 0. The van der Waals surface area contributed by atoms with Crippen LogP contribution >= 0.6 is 0 Å². The predicted molar refractivity (Wildman–Crippen MR) is 196 cm³/mol. The van der Waals surface area contributed by atoms with Gasteiger partial charge in [-0.25, -0.2) is 0 Å². The Morgan fingerprint density at radius 2 is 0.809 bits per heavy atom. The van der Waals surface area contributed by atoms with Crippen LogP contribution in [0, 0.1) is 11.8 Å². The van der Waals surface area contributed by atoms with E-state index in [2.05, 4.69) is 34.6 Å². The second-order valence-corrected chi connectivity index (χ2v) is 14.6. The minimum Gasteiger partial charge on any atom is -0.462 e. The van der Waals surface area contributed by atoms with Crippen LogP contribution in [-0.2, 0) is 28.6 Å². The van der Waals surface area contributed by atoms with Gasteiger partial charge in [0.25, 0.3) is 0 Å². The highest BCUT2D eigenvalue weighted by molar-refractivity contribution is 5.71. The van der Waals surface area contributed by atoms with Crippen molar-refractivity contribution in [3.05, 3.63) is 0 Å². The molecule has 47 heavy (non-hydrogen) atoms. The van der Waals surface area contributed by atoms with Gasteiger partial charge in [0.15, 0.2) is 6.10 Å². The Kier molecular flexibility index (Phi) is 33.1. The molecule has 6 heteroatoms. The summed E-state index contributed by atoms with van der Waals surface area (Å²) in [6, 6.07) is 0. The van der Waals surface area contributed by atoms with Gasteiger partial charge in [-0.3, -0.25) is 14.4 Å². The summed E-state index contributed by atoms with van der Waals surface area (Å²) in [6.45, 7) is 11.2. The molecule has 0 aliphatic heterocycles. The van der Waals surface area contributed by atoms with Crippen LogP contribution in [0.2, 0.25) is 0 Å². The van der Waals surface area contributed by atoms with Crippen molar-refractivity contribution >= 4 is 17.9 Å². The maximum atomic E-state index is 12.6. The fourth-order valence-corrected chi connectivity index (χ4v) is 5.84. The Bertz CT molecular complexity index is 721. The van der Waals surface area contributed by atoms with E-state index in [0.29, 0.717) is 19.3 Å². The second-order valence-electron chi connectivity index (χ2n) is 14.6. The summed E-state index contributed by atoms with van der Waals surface area (Å²) in [5.74, 6) is 0.773. The van der Waals surface area contributed by atoms with Crippen LogP contribution in [0.25, 0.3) is 0 Å². The zero-order valence-corrected chi connectivity index (χ0v) is 31.9. The van der Waals surface area contributed by atoms with Gasteiger partial charge < -0.3 is 14.2 Å². The number of ether oxygens (including phenoxy) is 3. The van der Waals surface area contributed by atoms with Crippen molar-refractivity contribution in [2.75, 3.05) is 13.2 Å². The average Bonchev–Trinajstić information content (AvgIpc) is 3.05. The van der Waals surface area contributed by atoms with Gasteiger partial charge in [0.1, 0.15) is 13.2 Å². The van der Waals surface area contributed by atoms with Crippen LogP contribution in [0.15, 0.2) is 0 Å². The van der Waals surface area contributed by atoms with Crippen LogP contribution in [0.1, 0.15) is 214 Å². The van der Waals surface area contributed by atoms with E-state index in [4.69, 9.17) is 14.2 Å². The Morgan fingerprint density at radius 3 is 1.21 bits per heavy atom. The molecule has 0 radical (unpaired) electrons. The number of carbonyl (C=O) groups is 3. The van der Waals surface area contributed by atoms with Crippen LogP contribution in [0.5, 0.6) is 0 Å². The third-order valence-corrected chi connectivity index (χ3v) is 9.33. The molecule has 0 saturated carbocycles. The quantitative estimate of drug-likeness (QED) is 0.0380. The Balaban J connectivity index is 4.27. The predicted octanol–water partition coefficient (Wildman–Crippen LogP) is 12.2. The molecule has 2 atom stereocenters. The molecule has 0 aromatic carbocycles. The summed E-state index contributed by atoms with van der Waals surface area (Å²) in [5, 5.41) is 0. The Labute approximate surface area is 291 Å². The summed E-state index contributed by atoms with van der Waals surface area (Å²) in [7, 11) is 0. The van der Waals surface area contributed by atoms with Crippen LogP contribution in [0.3, 0.4) is 0 Å². The first-order chi connectivity index (χ1) is 22.8. The van der Waals surface area contributed by atoms with Gasteiger partial charge in [0, 0.05) is 19.3 Å². The first-order valence-electron chi connectivity index (χ1n) is 20.3. The SMILES string of the molecule is CCCCCCCC(=O)OC[C@@H](COC(=O)CCCCCCCCCCCC(C)C)OC(=O)CCCCCCCCCCC(C)CC. The molecule has 0 saturated heterocycles. The molecule has 0 heterocycles. The lowest BCUT2D eigenvalue weighted by Gasteiger charge is -2.18. The van der Waals surface area contributed by atoms with Crippen molar-refractivity contribution in [3.63, 3.8) is 0 Å². The average molecular weight is 667 g/mol. The third kappa shape index (κ3) is 34.1. The van der Waals surface area contributed by atoms with E-state index in [-0.39, 0.29) is 31.1 Å². The van der Waals surface area contributed by atoms with E-state index in [1.54, 1.807) is 0 Å². The molecule has 1 unspecified atom stereocenters. The summed E-state index contributed by atoms with van der Waals surface area (Å²) >= 11 is 0. The van der Waals surface area contributed by atoms with Crippen molar-refractivity contribution in [3.8, 4) is 0 Å². The Hall–Kier alpha value is -1.59. The smallest absolute Gasteiger partial charge is 0.306 e. The monoisotopic (exact) mass is 667 g/mol. The molecule has 6 nitrogen and oxygen atoms in total. The highest BCUT2D eigenvalue weighted by atomic mass is 16.6. The summed E-state index contributed by atoms with van der Waals surface area (Å²) in [4.78, 5) is 37.3. The Morgan fingerprint density at radius 1 is 0.447 bits per heavy atom. The molecule has 0 bridgehead atoms. The van der Waals surface area contributed by atoms with E-state index < -0.39 is 6.10 Å². The van der Waals surface area contributed by atoms with Crippen LogP contribution < -0.4 is 0 Å². The molecule has 0 aliphatic rings. The lowest BCUT2D eigenvalue weighted by molar-refractivity contribution is -0.167. The van der Waals surface area contributed by atoms with Gasteiger partial charge in [-0.1, -0.05) is 176 Å². The molecule has 0 spiro atoms. The van der Waals surface area contributed by atoms with Crippen molar-refractivity contribution in [2.24, 2.45) is 11.8 Å². The maximum absolute atomic E-state index is 12.6. The second kappa shape index (κ2) is 34.3. The molecule has 278 valence electrons. The molecule has 0 aliphatic carbocycles. The van der Waals surface area contributed by atoms with Crippen LogP contribution in [0.4, 0.5) is 0 Å². The standard InChI is InChI=1S/C41H78O6/c1-6-8-9-19-26-31-39(42)45-34-38(47-41(44)33-28-23-18-14-13-16-21-25-30-37(5)7-2)35-46-40(43)32-27-22-17-12-10-11-15-20-24-29-36(3)4/h36-38H,6-35H2,1-5H3/t37?,38-/m0/s1. The number of rotatable bonds is 35. The van der Waals surface area contributed by atoms with Crippen molar-refractivity contribution in [1.29, 1.82) is 0 Å². The fraction of sp³-hybridized carbons (Fsp3) is 0.927. The maximum Gasteiger partial charge on any atom is 0.306 e. The lowest BCUT2D eigenvalue weighted by atomic mass is 9.99. The highest BCUT2D eigenvalue weighted by Crippen LogP contribution is 2.16. The minimum atomic E-state index is -0.758. The van der Waals surface area contributed by atoms with E-state index in [1.807, 2.05) is 0 Å². The number of unbranched alkanes of at least 4 members (excludes halogenated alkanes) is 19. The minimum absolute atomic E-state index is 0.0673. The van der Waals surface area contributed by atoms with Gasteiger partial charge in [-0.2, -0.15) is 0 Å². The lowest BCUT2D eigenvalue weighted by Crippen LogP contribution is -2.30. The van der Waals surface area contributed by atoms with Crippen molar-refractivity contribution < 1.29 is 28.6 Å². The topological polar surface area (TPSA) is 78.9 Å². The highest BCUT2D eigenvalue weighted by Gasteiger charge is 2.19. The summed E-state index contributed by atoms with van der Waals surface area (Å²) in [5.41, 5.74) is 0. The molecule has 0 fully saturated rings. The van der Waals surface area contributed by atoms with Gasteiger partial charge >= 0.3 is 17.9 Å². The molecule has 0 aromatic rings. The van der Waals surface area contributed by atoms with Gasteiger partial charge in [-0.05, 0) is 31.1 Å². The van der Waals surface area contributed by atoms with Crippen LogP contribution in [-0.4, -0.2) is 37.2 Å². The number of esters is 3. The number of hydrogen-bond acceptors (Lipinski definition) is 6. The molecular formula is C41H78O6. The van der Waals surface area contributed by atoms with Gasteiger partial charge in [0.2, 0.25) is 0 Å². The van der Waals surface area contributed by atoms with Crippen molar-refractivity contribution in [1.82, 2.24) is 0 Å². The third-order valence-electron chi connectivity index (χ3n) is 9.33. The van der Waals surface area contributed by atoms with E-state index in [9.17, 15) is 14.4 Å². The van der Waals surface area contributed by atoms with E-state index in [0.717, 1.165) is 76.0 Å².